The van der Waals surface area contributed by atoms with Crippen LogP contribution in [0.2, 0.25) is 0 Å². The van der Waals surface area contributed by atoms with Gasteiger partial charge in [0.1, 0.15) is 0 Å². The van der Waals surface area contributed by atoms with Crippen LogP contribution >= 0.6 is 0 Å². The predicted octanol–water partition coefficient (Wildman–Crippen LogP) is 3.11. The van der Waals surface area contributed by atoms with E-state index in [9.17, 15) is 8.42 Å². The second-order valence-corrected chi connectivity index (χ2v) is 10.5. The van der Waals surface area contributed by atoms with Crippen LogP contribution < -0.4 is 10.6 Å². The van der Waals surface area contributed by atoms with Crippen molar-refractivity contribution < 1.29 is 8.42 Å². The maximum atomic E-state index is 11.8. The Morgan fingerprint density at radius 3 is 2.42 bits per heavy atom. The van der Waals surface area contributed by atoms with E-state index < -0.39 is 14.6 Å². The lowest BCUT2D eigenvalue weighted by atomic mass is 9.85. The number of hydrogen-bond acceptors (Lipinski definition) is 3. The molecular formula is C18H37N3O2S. The van der Waals surface area contributed by atoms with Crippen LogP contribution in [0, 0.1) is 5.92 Å². The van der Waals surface area contributed by atoms with E-state index in [0.717, 1.165) is 18.9 Å². The van der Waals surface area contributed by atoms with Crippen LogP contribution in [0.5, 0.6) is 0 Å². The van der Waals surface area contributed by atoms with Gasteiger partial charge in [-0.3, -0.25) is 4.99 Å². The second-order valence-electron chi connectivity index (χ2n) is 7.85. The second kappa shape index (κ2) is 9.64. The first-order valence-electron chi connectivity index (χ1n) is 9.40. The fraction of sp³-hybridized carbons (Fsp3) is 0.944. The van der Waals surface area contributed by atoms with Crippen LogP contribution in [0.4, 0.5) is 0 Å². The Morgan fingerprint density at radius 1 is 1.25 bits per heavy atom. The van der Waals surface area contributed by atoms with Gasteiger partial charge >= 0.3 is 0 Å². The largest absolute Gasteiger partial charge is 0.357 e. The van der Waals surface area contributed by atoms with Gasteiger partial charge in [0.2, 0.25) is 0 Å². The van der Waals surface area contributed by atoms with Gasteiger partial charge in [0.15, 0.2) is 15.8 Å². The van der Waals surface area contributed by atoms with Gasteiger partial charge < -0.3 is 10.6 Å². The molecule has 0 bridgehead atoms. The van der Waals surface area contributed by atoms with Crippen molar-refractivity contribution in [2.45, 2.75) is 83.4 Å². The highest BCUT2D eigenvalue weighted by atomic mass is 32.2. The molecule has 1 aliphatic carbocycles. The Hall–Kier alpha value is -0.780. The standard InChI is InChI=1S/C18H37N3O2S/c1-6-19-17(20-14-18(3,4)24(5,22)23)21-15(2)12-13-16-10-8-7-9-11-16/h15-16H,6-14H2,1-5H3,(H2,19,20,21). The monoisotopic (exact) mass is 359 g/mol. The van der Waals surface area contributed by atoms with Crippen molar-refractivity contribution >= 4 is 15.8 Å². The maximum Gasteiger partial charge on any atom is 0.191 e. The highest BCUT2D eigenvalue weighted by Crippen LogP contribution is 2.27. The quantitative estimate of drug-likeness (QED) is 0.516. The topological polar surface area (TPSA) is 70.6 Å². The molecule has 1 rings (SSSR count). The summed E-state index contributed by atoms with van der Waals surface area (Å²) in [6.45, 7) is 8.67. The highest BCUT2D eigenvalue weighted by molar-refractivity contribution is 7.92. The lowest BCUT2D eigenvalue weighted by molar-refractivity contribution is 0.322. The predicted molar refractivity (Wildman–Crippen MR) is 103 cm³/mol. The fourth-order valence-electron chi connectivity index (χ4n) is 2.97. The zero-order valence-corrected chi connectivity index (χ0v) is 17.0. The molecule has 0 aromatic rings. The van der Waals surface area contributed by atoms with Crippen LogP contribution in [0.25, 0.3) is 0 Å². The van der Waals surface area contributed by atoms with Crippen LogP contribution in [-0.4, -0.2) is 44.5 Å². The van der Waals surface area contributed by atoms with E-state index in [1.165, 1.54) is 44.8 Å². The molecule has 0 radical (unpaired) electrons. The van der Waals surface area contributed by atoms with E-state index in [4.69, 9.17) is 0 Å². The van der Waals surface area contributed by atoms with Crippen molar-refractivity contribution in [2.75, 3.05) is 19.3 Å². The van der Waals surface area contributed by atoms with Gasteiger partial charge in [0.05, 0.1) is 11.3 Å². The molecule has 5 nitrogen and oxygen atoms in total. The molecule has 0 spiro atoms. The number of nitrogens with zero attached hydrogens (tertiary/aromatic N) is 1. The Balaban J connectivity index is 2.52. The molecule has 1 unspecified atom stereocenters. The first-order chi connectivity index (χ1) is 11.2. The van der Waals surface area contributed by atoms with Crippen molar-refractivity contribution in [3.63, 3.8) is 0 Å². The number of sulfone groups is 1. The van der Waals surface area contributed by atoms with E-state index in [-0.39, 0.29) is 6.54 Å². The fourth-order valence-corrected chi connectivity index (χ4v) is 3.27. The molecule has 6 heteroatoms. The molecule has 1 aliphatic rings. The van der Waals surface area contributed by atoms with E-state index in [1.807, 2.05) is 6.92 Å². The molecular weight excluding hydrogens is 322 g/mol. The summed E-state index contributed by atoms with van der Waals surface area (Å²) in [5, 5.41) is 6.65. The summed E-state index contributed by atoms with van der Waals surface area (Å²) in [7, 11) is -3.13. The summed E-state index contributed by atoms with van der Waals surface area (Å²) in [5.74, 6) is 1.59. The molecule has 0 saturated heterocycles. The van der Waals surface area contributed by atoms with Crippen LogP contribution in [-0.2, 0) is 9.84 Å². The molecule has 0 aromatic carbocycles. The summed E-state index contributed by atoms with van der Waals surface area (Å²) in [6.07, 6.45) is 10.6. The van der Waals surface area contributed by atoms with Gasteiger partial charge in [-0.2, -0.15) is 0 Å². The Bertz CT molecular complexity index is 494. The van der Waals surface area contributed by atoms with E-state index in [2.05, 4.69) is 22.5 Å². The van der Waals surface area contributed by atoms with Gasteiger partial charge in [0.25, 0.3) is 0 Å². The maximum absolute atomic E-state index is 11.8. The van der Waals surface area contributed by atoms with E-state index >= 15 is 0 Å². The summed E-state index contributed by atoms with van der Waals surface area (Å²) in [6, 6.07) is 0.339. The molecule has 24 heavy (non-hydrogen) atoms. The number of guanidine groups is 1. The molecule has 142 valence electrons. The minimum absolute atomic E-state index is 0.260. The summed E-state index contributed by atoms with van der Waals surface area (Å²) < 4.78 is 22.8. The lowest BCUT2D eigenvalue weighted by Crippen LogP contribution is -2.44. The molecule has 1 fully saturated rings. The van der Waals surface area contributed by atoms with Gasteiger partial charge in [-0.25, -0.2) is 8.42 Å². The molecule has 0 aromatic heterocycles. The third kappa shape index (κ3) is 7.41. The van der Waals surface area contributed by atoms with Crippen LogP contribution in [0.1, 0.15) is 72.6 Å². The third-order valence-corrected chi connectivity index (χ3v) is 7.22. The van der Waals surface area contributed by atoms with Crippen molar-refractivity contribution in [3.05, 3.63) is 0 Å². The van der Waals surface area contributed by atoms with Crippen LogP contribution in [0.15, 0.2) is 4.99 Å². The number of rotatable bonds is 8. The van der Waals surface area contributed by atoms with Crippen molar-refractivity contribution in [1.29, 1.82) is 0 Å². The molecule has 0 aliphatic heterocycles. The number of hydrogen-bond donors (Lipinski definition) is 2. The average Bonchev–Trinajstić information content (AvgIpc) is 2.51. The molecule has 1 atom stereocenters. The number of aliphatic imine (C=N–C) groups is 1. The minimum atomic E-state index is -3.13. The van der Waals surface area contributed by atoms with Crippen molar-refractivity contribution in [2.24, 2.45) is 10.9 Å². The van der Waals surface area contributed by atoms with Gasteiger partial charge in [-0.05, 0) is 46.5 Å². The van der Waals surface area contributed by atoms with Gasteiger partial charge in [0, 0.05) is 18.8 Å². The summed E-state index contributed by atoms with van der Waals surface area (Å²) in [4.78, 5) is 4.50. The van der Waals surface area contributed by atoms with Crippen molar-refractivity contribution in [3.8, 4) is 0 Å². The normalized spacial score (nSPS) is 19.1. The van der Waals surface area contributed by atoms with Gasteiger partial charge in [-0.1, -0.05) is 32.1 Å². The molecule has 2 N–H and O–H groups in total. The first kappa shape index (κ1) is 21.3. The average molecular weight is 360 g/mol. The smallest absolute Gasteiger partial charge is 0.191 e. The minimum Gasteiger partial charge on any atom is -0.357 e. The SMILES string of the molecule is CCNC(=NCC(C)(C)S(C)(=O)=O)NC(C)CCC1CCCCC1. The van der Waals surface area contributed by atoms with E-state index in [1.54, 1.807) is 13.8 Å². The van der Waals surface area contributed by atoms with Crippen LogP contribution in [0.3, 0.4) is 0 Å². The summed E-state index contributed by atoms with van der Waals surface area (Å²) >= 11 is 0. The highest BCUT2D eigenvalue weighted by Gasteiger charge is 2.30. The Morgan fingerprint density at radius 2 is 1.88 bits per heavy atom. The number of nitrogens with one attached hydrogen (secondary N) is 2. The molecule has 0 amide bonds. The third-order valence-electron chi connectivity index (χ3n) is 5.08. The van der Waals surface area contributed by atoms with Gasteiger partial charge in [-0.15, -0.1) is 0 Å². The van der Waals surface area contributed by atoms with Crippen molar-refractivity contribution in [1.82, 2.24) is 10.6 Å². The lowest BCUT2D eigenvalue weighted by Gasteiger charge is -2.25. The Kier molecular flexibility index (Phi) is 8.54. The summed E-state index contributed by atoms with van der Waals surface area (Å²) in [5.41, 5.74) is 0. The zero-order valence-electron chi connectivity index (χ0n) is 16.2. The molecule has 0 heterocycles. The first-order valence-corrected chi connectivity index (χ1v) is 11.3. The Labute approximate surface area is 149 Å². The molecule has 1 saturated carbocycles. The zero-order chi connectivity index (χ0) is 18.2. The van der Waals surface area contributed by atoms with E-state index in [0.29, 0.717) is 12.0 Å².